The molecular weight excluding hydrogens is 238 g/mol. The summed E-state index contributed by atoms with van der Waals surface area (Å²) in [6, 6.07) is 0.588. The number of piperidine rings is 1. The van der Waals surface area contributed by atoms with Gasteiger partial charge in [-0.2, -0.15) is 0 Å². The van der Waals surface area contributed by atoms with Gasteiger partial charge in [0.05, 0.1) is 13.2 Å². The molecule has 0 unspecified atom stereocenters. The quantitative estimate of drug-likeness (QED) is 0.809. The molecule has 4 nitrogen and oxygen atoms in total. The Morgan fingerprint density at radius 1 is 1.18 bits per heavy atom. The maximum atomic E-state index is 11.8. The van der Waals surface area contributed by atoms with E-state index in [0.717, 1.165) is 32.2 Å². The second kappa shape index (κ2) is 5.55. The molecule has 1 N–H and O–H groups in total. The van der Waals surface area contributed by atoms with Crippen molar-refractivity contribution in [3.8, 4) is 0 Å². The van der Waals surface area contributed by atoms with Gasteiger partial charge in [-0.15, -0.1) is 12.4 Å². The smallest absolute Gasteiger partial charge is 0.238 e. The fraction of sp³-hybridized carbons (Fsp3) is 0.917. The lowest BCUT2D eigenvalue weighted by Gasteiger charge is -2.27. The Morgan fingerprint density at radius 2 is 1.88 bits per heavy atom. The molecule has 0 aromatic heterocycles. The Kier molecular flexibility index (Phi) is 4.28. The average Bonchev–Trinajstić information content (AvgIpc) is 3.06. The maximum Gasteiger partial charge on any atom is 0.238 e. The van der Waals surface area contributed by atoms with Crippen LogP contribution in [0, 0.1) is 5.92 Å². The Balaban J connectivity index is 0.00000108. The highest BCUT2D eigenvalue weighted by atomic mass is 35.5. The van der Waals surface area contributed by atoms with E-state index in [-0.39, 0.29) is 12.4 Å². The van der Waals surface area contributed by atoms with Crippen molar-refractivity contribution in [2.45, 2.75) is 31.7 Å². The summed E-state index contributed by atoms with van der Waals surface area (Å²) in [4.78, 5) is 16.2. The number of rotatable bonds is 3. The van der Waals surface area contributed by atoms with Crippen LogP contribution in [0.15, 0.2) is 0 Å². The zero-order chi connectivity index (χ0) is 11.0. The third kappa shape index (κ3) is 3.12. The van der Waals surface area contributed by atoms with Crippen molar-refractivity contribution in [3.05, 3.63) is 0 Å². The molecule has 98 valence electrons. The molecule has 0 spiro atoms. The molecule has 2 aliphatic heterocycles. The van der Waals surface area contributed by atoms with E-state index in [2.05, 4.69) is 15.1 Å². The summed E-state index contributed by atoms with van der Waals surface area (Å²) in [5, 5.41) is 3.39. The molecule has 1 aliphatic carbocycles. The van der Waals surface area contributed by atoms with Gasteiger partial charge < -0.3 is 10.2 Å². The van der Waals surface area contributed by atoms with Crippen LogP contribution in [-0.4, -0.2) is 54.6 Å². The largest absolute Gasteiger partial charge is 0.326 e. The van der Waals surface area contributed by atoms with Gasteiger partial charge in [-0.1, -0.05) is 0 Å². The molecule has 0 aromatic rings. The van der Waals surface area contributed by atoms with Gasteiger partial charge in [0.2, 0.25) is 5.91 Å². The van der Waals surface area contributed by atoms with Gasteiger partial charge in [0.15, 0.2) is 0 Å². The van der Waals surface area contributed by atoms with Crippen LogP contribution in [-0.2, 0) is 4.79 Å². The summed E-state index contributed by atoms with van der Waals surface area (Å²) in [6.07, 6.45) is 5.00. The number of nitrogens with zero attached hydrogens (tertiary/aromatic N) is 2. The first-order chi connectivity index (χ1) is 7.83. The lowest BCUT2D eigenvalue weighted by molar-refractivity contribution is -0.127. The molecule has 3 rings (SSSR count). The van der Waals surface area contributed by atoms with Crippen molar-refractivity contribution >= 4 is 18.3 Å². The van der Waals surface area contributed by atoms with Crippen molar-refractivity contribution < 1.29 is 4.79 Å². The molecule has 0 bridgehead atoms. The first-order valence-corrected chi connectivity index (χ1v) is 6.55. The minimum atomic E-state index is 0. The number of halogens is 1. The van der Waals surface area contributed by atoms with Gasteiger partial charge in [0.1, 0.15) is 0 Å². The number of hydrogen-bond donors (Lipinski definition) is 1. The number of nitrogens with one attached hydrogen (secondary N) is 1. The Bertz CT molecular complexity index is 277. The van der Waals surface area contributed by atoms with E-state index < -0.39 is 0 Å². The van der Waals surface area contributed by atoms with E-state index in [1.807, 2.05) is 0 Å². The maximum absolute atomic E-state index is 11.8. The zero-order valence-electron chi connectivity index (χ0n) is 10.2. The summed E-state index contributed by atoms with van der Waals surface area (Å²) in [6.45, 7) is 4.99. The molecule has 3 fully saturated rings. The molecule has 1 amide bonds. The standard InChI is InChI=1S/C12H21N3O.ClH/c16-12-8-14(9-15(12)11-1-2-11)7-10-3-5-13-6-4-10;/h10-11,13H,1-9H2;1H. The monoisotopic (exact) mass is 259 g/mol. The lowest BCUT2D eigenvalue weighted by Crippen LogP contribution is -2.36. The average molecular weight is 260 g/mol. The Hall–Kier alpha value is -0.320. The molecule has 0 atom stereocenters. The first-order valence-electron chi connectivity index (χ1n) is 6.55. The van der Waals surface area contributed by atoms with Gasteiger partial charge >= 0.3 is 0 Å². The van der Waals surface area contributed by atoms with Gasteiger partial charge in [-0.3, -0.25) is 9.69 Å². The summed E-state index contributed by atoms with van der Waals surface area (Å²) in [5.41, 5.74) is 0. The second-order valence-electron chi connectivity index (χ2n) is 5.44. The number of hydrogen-bond acceptors (Lipinski definition) is 3. The molecule has 2 saturated heterocycles. The van der Waals surface area contributed by atoms with E-state index >= 15 is 0 Å². The van der Waals surface area contributed by atoms with Gasteiger partial charge in [-0.05, 0) is 44.7 Å². The van der Waals surface area contributed by atoms with Crippen molar-refractivity contribution in [1.82, 2.24) is 15.1 Å². The summed E-state index contributed by atoms with van der Waals surface area (Å²) < 4.78 is 0. The minimum absolute atomic E-state index is 0. The van der Waals surface area contributed by atoms with E-state index in [9.17, 15) is 4.79 Å². The second-order valence-corrected chi connectivity index (χ2v) is 5.44. The predicted molar refractivity (Wildman–Crippen MR) is 69.1 cm³/mol. The van der Waals surface area contributed by atoms with Crippen LogP contribution in [0.3, 0.4) is 0 Å². The lowest BCUT2D eigenvalue weighted by atomic mass is 9.98. The van der Waals surface area contributed by atoms with Crippen LogP contribution in [0.1, 0.15) is 25.7 Å². The van der Waals surface area contributed by atoms with E-state index in [1.165, 1.54) is 25.7 Å². The third-order valence-electron chi connectivity index (χ3n) is 3.99. The fourth-order valence-corrected chi connectivity index (χ4v) is 2.88. The molecule has 17 heavy (non-hydrogen) atoms. The molecule has 0 aromatic carbocycles. The van der Waals surface area contributed by atoms with Crippen molar-refractivity contribution in [2.75, 3.05) is 32.8 Å². The van der Waals surface area contributed by atoms with Crippen molar-refractivity contribution in [1.29, 1.82) is 0 Å². The minimum Gasteiger partial charge on any atom is -0.326 e. The molecule has 0 radical (unpaired) electrons. The third-order valence-corrected chi connectivity index (χ3v) is 3.99. The summed E-state index contributed by atoms with van der Waals surface area (Å²) in [5.74, 6) is 1.16. The Labute approximate surface area is 109 Å². The molecular formula is C12H22ClN3O. The van der Waals surface area contributed by atoms with Crippen LogP contribution in [0.4, 0.5) is 0 Å². The van der Waals surface area contributed by atoms with Gasteiger partial charge in [0.25, 0.3) is 0 Å². The molecule has 2 heterocycles. The number of carbonyl (C=O) groups excluding carboxylic acids is 1. The predicted octanol–water partition coefficient (Wildman–Crippen LogP) is 0.672. The molecule has 5 heteroatoms. The Morgan fingerprint density at radius 3 is 2.53 bits per heavy atom. The van der Waals surface area contributed by atoms with E-state index in [0.29, 0.717) is 18.5 Å². The van der Waals surface area contributed by atoms with Crippen LogP contribution in [0.2, 0.25) is 0 Å². The fourth-order valence-electron chi connectivity index (χ4n) is 2.88. The van der Waals surface area contributed by atoms with Crippen LogP contribution in [0.25, 0.3) is 0 Å². The topological polar surface area (TPSA) is 35.6 Å². The highest BCUT2D eigenvalue weighted by molar-refractivity contribution is 5.85. The van der Waals surface area contributed by atoms with E-state index in [4.69, 9.17) is 0 Å². The normalized spacial score (nSPS) is 27.3. The van der Waals surface area contributed by atoms with Crippen LogP contribution in [0.5, 0.6) is 0 Å². The van der Waals surface area contributed by atoms with Crippen LogP contribution >= 0.6 is 12.4 Å². The summed E-state index contributed by atoms with van der Waals surface area (Å²) >= 11 is 0. The van der Waals surface area contributed by atoms with Gasteiger partial charge in [-0.25, -0.2) is 0 Å². The highest BCUT2D eigenvalue weighted by Crippen LogP contribution is 2.29. The SMILES string of the molecule is Cl.O=C1CN(CC2CCNCC2)CN1C1CC1. The highest BCUT2D eigenvalue weighted by Gasteiger charge is 2.38. The molecule has 3 aliphatic rings. The number of amides is 1. The number of carbonyl (C=O) groups is 1. The van der Waals surface area contributed by atoms with Crippen molar-refractivity contribution in [2.24, 2.45) is 5.92 Å². The molecule has 1 saturated carbocycles. The van der Waals surface area contributed by atoms with E-state index in [1.54, 1.807) is 0 Å². The first kappa shape index (κ1) is 13.1. The van der Waals surface area contributed by atoms with Gasteiger partial charge in [0, 0.05) is 12.6 Å². The zero-order valence-corrected chi connectivity index (χ0v) is 11.0. The van der Waals surface area contributed by atoms with Crippen molar-refractivity contribution in [3.63, 3.8) is 0 Å². The van der Waals surface area contributed by atoms with Crippen LogP contribution < -0.4 is 5.32 Å². The summed E-state index contributed by atoms with van der Waals surface area (Å²) in [7, 11) is 0.